The van der Waals surface area contributed by atoms with Gasteiger partial charge in [0, 0.05) is 26.9 Å². The molecule has 0 aromatic heterocycles. The molecule has 0 spiro atoms. The van der Waals surface area contributed by atoms with Crippen LogP contribution in [0.5, 0.6) is 0 Å². The first-order valence-electron chi connectivity index (χ1n) is 12.9. The van der Waals surface area contributed by atoms with Gasteiger partial charge in [0.2, 0.25) is 5.91 Å². The molecule has 6 nitrogen and oxygen atoms in total. The number of thioether (sulfide) groups is 1. The van der Waals surface area contributed by atoms with Gasteiger partial charge in [0.15, 0.2) is 0 Å². The quantitative estimate of drug-likeness (QED) is 0.108. The number of hydrogen-bond acceptors (Lipinski definition) is 5. The van der Waals surface area contributed by atoms with Crippen molar-refractivity contribution in [3.63, 3.8) is 0 Å². The first-order valence-corrected chi connectivity index (χ1v) is 14.2. The molecule has 40 heavy (non-hydrogen) atoms. The largest absolute Gasteiger partial charge is 0.462 e. The van der Waals surface area contributed by atoms with Crippen molar-refractivity contribution in [1.82, 2.24) is 0 Å². The van der Waals surface area contributed by atoms with Gasteiger partial charge in [-0.1, -0.05) is 67.4 Å². The van der Waals surface area contributed by atoms with Crippen LogP contribution in [0.1, 0.15) is 51.3 Å². The SMILES string of the molecule is CCCCOC(=O)c1ccc(NC(=O)C(Sc2cccc(NC(=O)c3cccc(Cl)c3)c2)c2ccccc2)cc1. The van der Waals surface area contributed by atoms with Gasteiger partial charge >= 0.3 is 5.97 Å². The molecule has 4 rings (SSSR count). The Labute approximate surface area is 243 Å². The Morgan fingerprint density at radius 1 is 0.800 bits per heavy atom. The van der Waals surface area contributed by atoms with Crippen molar-refractivity contribution in [2.24, 2.45) is 0 Å². The van der Waals surface area contributed by atoms with Crippen molar-refractivity contribution in [3.05, 3.63) is 125 Å². The molecule has 0 aliphatic heterocycles. The van der Waals surface area contributed by atoms with E-state index in [1.165, 1.54) is 11.8 Å². The van der Waals surface area contributed by atoms with Crippen molar-refractivity contribution in [2.45, 2.75) is 29.9 Å². The third kappa shape index (κ3) is 8.21. The zero-order valence-corrected chi connectivity index (χ0v) is 23.5. The van der Waals surface area contributed by atoms with Gasteiger partial charge in [0.05, 0.1) is 12.2 Å². The molecule has 8 heteroatoms. The number of hydrogen-bond donors (Lipinski definition) is 2. The monoisotopic (exact) mass is 572 g/mol. The minimum absolute atomic E-state index is 0.220. The highest BCUT2D eigenvalue weighted by molar-refractivity contribution is 8.00. The summed E-state index contributed by atoms with van der Waals surface area (Å²) in [4.78, 5) is 39.2. The maximum atomic E-state index is 13.5. The lowest BCUT2D eigenvalue weighted by atomic mass is 10.1. The van der Waals surface area contributed by atoms with Crippen LogP contribution in [0.15, 0.2) is 108 Å². The van der Waals surface area contributed by atoms with E-state index in [0.29, 0.717) is 34.1 Å². The third-order valence-electron chi connectivity index (χ3n) is 5.89. The van der Waals surface area contributed by atoms with E-state index in [4.69, 9.17) is 16.3 Å². The van der Waals surface area contributed by atoms with E-state index in [2.05, 4.69) is 10.6 Å². The smallest absolute Gasteiger partial charge is 0.338 e. The van der Waals surface area contributed by atoms with Gasteiger partial charge in [-0.15, -0.1) is 11.8 Å². The lowest BCUT2D eigenvalue weighted by molar-refractivity contribution is -0.115. The van der Waals surface area contributed by atoms with Crippen molar-refractivity contribution < 1.29 is 19.1 Å². The van der Waals surface area contributed by atoms with Gasteiger partial charge in [0.1, 0.15) is 5.25 Å². The summed E-state index contributed by atoms with van der Waals surface area (Å²) in [5, 5.41) is 5.76. The average molecular weight is 573 g/mol. The molecular formula is C32H29ClN2O4S. The second-order valence-corrected chi connectivity index (χ2v) is 10.6. The Balaban J connectivity index is 1.47. The number of esters is 1. The number of amides is 2. The van der Waals surface area contributed by atoms with Gasteiger partial charge in [-0.05, 0) is 72.6 Å². The van der Waals surface area contributed by atoms with Gasteiger partial charge in [-0.3, -0.25) is 9.59 Å². The number of anilines is 2. The fourth-order valence-corrected chi connectivity index (χ4v) is 5.08. The Morgan fingerprint density at radius 2 is 1.55 bits per heavy atom. The molecule has 0 saturated heterocycles. The molecule has 2 N–H and O–H groups in total. The summed E-state index contributed by atoms with van der Waals surface area (Å²) in [5.74, 6) is -0.881. The normalized spacial score (nSPS) is 11.3. The number of benzene rings is 4. The van der Waals surface area contributed by atoms with Crippen LogP contribution in [0.25, 0.3) is 0 Å². The molecule has 0 bridgehead atoms. The summed E-state index contributed by atoms with van der Waals surface area (Å²) in [6.45, 7) is 2.42. The highest BCUT2D eigenvalue weighted by atomic mass is 35.5. The first-order chi connectivity index (χ1) is 19.4. The molecule has 0 saturated carbocycles. The molecule has 0 aliphatic carbocycles. The molecule has 1 unspecified atom stereocenters. The van der Waals surface area contributed by atoms with E-state index in [1.807, 2.05) is 55.5 Å². The summed E-state index contributed by atoms with van der Waals surface area (Å²) in [7, 11) is 0. The number of rotatable bonds is 11. The molecule has 2 amide bonds. The number of unbranched alkanes of at least 4 members (excludes halogenated alkanes) is 1. The van der Waals surface area contributed by atoms with E-state index in [1.54, 1.807) is 54.6 Å². The molecule has 4 aromatic rings. The molecule has 0 radical (unpaired) electrons. The van der Waals surface area contributed by atoms with E-state index < -0.39 is 5.25 Å². The zero-order valence-electron chi connectivity index (χ0n) is 21.9. The highest BCUT2D eigenvalue weighted by Gasteiger charge is 2.23. The van der Waals surface area contributed by atoms with Gasteiger partial charge in [-0.25, -0.2) is 4.79 Å². The molecule has 0 heterocycles. The minimum atomic E-state index is -0.571. The molecule has 4 aromatic carbocycles. The van der Waals surface area contributed by atoms with Crippen molar-refractivity contribution in [3.8, 4) is 0 Å². The first kappa shape index (κ1) is 28.9. The summed E-state index contributed by atoms with van der Waals surface area (Å²) < 4.78 is 5.25. The topological polar surface area (TPSA) is 84.5 Å². The van der Waals surface area contributed by atoms with E-state index in [-0.39, 0.29) is 17.8 Å². The van der Waals surface area contributed by atoms with E-state index >= 15 is 0 Å². The average Bonchev–Trinajstić information content (AvgIpc) is 2.97. The Hall–Kier alpha value is -4.07. The van der Waals surface area contributed by atoms with Crippen LogP contribution < -0.4 is 10.6 Å². The van der Waals surface area contributed by atoms with Gasteiger partial charge in [0.25, 0.3) is 5.91 Å². The van der Waals surface area contributed by atoms with Crippen LogP contribution >= 0.6 is 23.4 Å². The number of halogens is 1. The van der Waals surface area contributed by atoms with E-state index in [0.717, 1.165) is 23.3 Å². The summed E-state index contributed by atoms with van der Waals surface area (Å²) in [6, 6.07) is 30.2. The van der Waals surface area contributed by atoms with Crippen molar-refractivity contribution in [1.29, 1.82) is 0 Å². The highest BCUT2D eigenvalue weighted by Crippen LogP contribution is 2.37. The molecule has 0 aliphatic rings. The van der Waals surface area contributed by atoms with Crippen LogP contribution in [0, 0.1) is 0 Å². The summed E-state index contributed by atoms with van der Waals surface area (Å²) in [6.07, 6.45) is 1.76. The molecule has 1 atom stereocenters. The van der Waals surface area contributed by atoms with Crippen molar-refractivity contribution in [2.75, 3.05) is 17.2 Å². The second kappa shape index (κ2) is 14.4. The number of ether oxygens (including phenoxy) is 1. The maximum absolute atomic E-state index is 13.5. The molecule has 204 valence electrons. The zero-order chi connectivity index (χ0) is 28.3. The Kier molecular flexibility index (Phi) is 10.4. The Bertz CT molecular complexity index is 1460. The van der Waals surface area contributed by atoms with Gasteiger partial charge < -0.3 is 15.4 Å². The lowest BCUT2D eigenvalue weighted by Gasteiger charge is -2.18. The van der Waals surface area contributed by atoms with Crippen LogP contribution in [-0.4, -0.2) is 24.4 Å². The fourth-order valence-electron chi connectivity index (χ4n) is 3.81. The predicted molar refractivity (Wildman–Crippen MR) is 161 cm³/mol. The van der Waals surface area contributed by atoms with Crippen LogP contribution in [0.3, 0.4) is 0 Å². The number of carbonyl (C=O) groups is 3. The van der Waals surface area contributed by atoms with Crippen LogP contribution in [-0.2, 0) is 9.53 Å². The Morgan fingerprint density at radius 3 is 2.27 bits per heavy atom. The fraction of sp³-hybridized carbons (Fsp3) is 0.156. The number of carbonyl (C=O) groups excluding carboxylic acids is 3. The number of nitrogens with one attached hydrogen (secondary N) is 2. The second-order valence-electron chi connectivity index (χ2n) is 8.96. The summed E-state index contributed by atoms with van der Waals surface area (Å²) >= 11 is 7.39. The van der Waals surface area contributed by atoms with Gasteiger partial charge in [-0.2, -0.15) is 0 Å². The van der Waals surface area contributed by atoms with Crippen LogP contribution in [0.2, 0.25) is 5.02 Å². The standard InChI is InChI=1S/C32H29ClN2O4S/c1-2-3-19-39-32(38)23-15-17-26(18-16-23)34-31(37)29(22-9-5-4-6-10-22)40-28-14-8-13-27(21-28)35-30(36)24-11-7-12-25(33)20-24/h4-18,20-21,29H,2-3,19H2,1H3,(H,34,37)(H,35,36). The molecule has 0 fully saturated rings. The van der Waals surface area contributed by atoms with Crippen molar-refractivity contribution >= 4 is 52.5 Å². The predicted octanol–water partition coefficient (Wildman–Crippen LogP) is 8.02. The third-order valence-corrected chi connectivity index (χ3v) is 7.38. The lowest BCUT2D eigenvalue weighted by Crippen LogP contribution is -2.19. The van der Waals surface area contributed by atoms with E-state index in [9.17, 15) is 14.4 Å². The molecular weight excluding hydrogens is 544 g/mol. The summed E-state index contributed by atoms with van der Waals surface area (Å²) in [5.41, 5.74) is 2.88. The maximum Gasteiger partial charge on any atom is 0.338 e. The minimum Gasteiger partial charge on any atom is -0.462 e. The van der Waals surface area contributed by atoms with Crippen LogP contribution in [0.4, 0.5) is 11.4 Å².